The van der Waals surface area contributed by atoms with Crippen molar-refractivity contribution in [1.29, 1.82) is 0 Å². The molecular weight excluding hydrogens is 408 g/mol. The summed E-state index contributed by atoms with van der Waals surface area (Å²) in [5, 5.41) is 9.88. The fraction of sp³-hybridized carbons (Fsp3) is 0.261. The van der Waals surface area contributed by atoms with E-state index in [1.807, 2.05) is 30.3 Å². The number of esters is 2. The molecule has 0 aliphatic heterocycles. The number of carbonyl (C=O) groups is 3. The molecule has 0 fully saturated rings. The van der Waals surface area contributed by atoms with Gasteiger partial charge in [0.05, 0.1) is 5.41 Å². The van der Waals surface area contributed by atoms with Crippen molar-refractivity contribution in [2.75, 3.05) is 0 Å². The topological polar surface area (TPSA) is 89.9 Å². The van der Waals surface area contributed by atoms with Crippen LogP contribution in [0.5, 0.6) is 0 Å². The second-order valence-electron chi connectivity index (χ2n) is 7.57. The van der Waals surface area contributed by atoms with Gasteiger partial charge >= 0.3 is 17.9 Å². The lowest BCUT2D eigenvalue weighted by Crippen LogP contribution is -2.28. The minimum atomic E-state index is -1.57. The minimum absolute atomic E-state index is 0.110. The molecule has 158 valence electrons. The van der Waals surface area contributed by atoms with Gasteiger partial charge < -0.3 is 14.6 Å². The average molecular weight is 431 g/mol. The third-order valence-corrected chi connectivity index (χ3v) is 4.25. The molecule has 0 heterocycles. The van der Waals surface area contributed by atoms with E-state index >= 15 is 0 Å². The molecule has 1 atom stereocenters. The molecule has 7 heteroatoms. The molecule has 0 unspecified atom stereocenters. The van der Waals surface area contributed by atoms with Crippen molar-refractivity contribution in [1.82, 2.24) is 0 Å². The Kier molecular flexibility index (Phi) is 7.78. The van der Waals surface area contributed by atoms with E-state index in [-0.39, 0.29) is 17.2 Å². The Morgan fingerprint density at radius 2 is 1.77 bits per heavy atom. The van der Waals surface area contributed by atoms with Gasteiger partial charge in [0.2, 0.25) is 6.10 Å². The second kappa shape index (κ2) is 10.1. The summed E-state index contributed by atoms with van der Waals surface area (Å²) in [7, 11) is 0. The summed E-state index contributed by atoms with van der Waals surface area (Å²) in [6.45, 7) is 4.97. The highest BCUT2D eigenvalue weighted by Crippen LogP contribution is 2.29. The predicted molar refractivity (Wildman–Crippen MR) is 113 cm³/mol. The minimum Gasteiger partial charge on any atom is -0.478 e. The maximum atomic E-state index is 12.2. The Bertz CT molecular complexity index is 944. The van der Waals surface area contributed by atoms with E-state index in [1.54, 1.807) is 32.9 Å². The van der Waals surface area contributed by atoms with E-state index in [0.717, 1.165) is 5.56 Å². The molecule has 6 nitrogen and oxygen atoms in total. The van der Waals surface area contributed by atoms with Gasteiger partial charge in [-0.2, -0.15) is 0 Å². The Morgan fingerprint density at radius 1 is 1.10 bits per heavy atom. The van der Waals surface area contributed by atoms with Crippen molar-refractivity contribution in [2.24, 2.45) is 5.41 Å². The summed E-state index contributed by atoms with van der Waals surface area (Å²) in [4.78, 5) is 36.1. The molecule has 2 aromatic carbocycles. The van der Waals surface area contributed by atoms with Crippen molar-refractivity contribution in [2.45, 2.75) is 33.5 Å². The number of carbonyl (C=O) groups excluding carboxylic acids is 2. The lowest BCUT2D eigenvalue weighted by atomic mass is 9.96. The van der Waals surface area contributed by atoms with Gasteiger partial charge in [-0.15, -0.1) is 0 Å². The third kappa shape index (κ3) is 6.74. The average Bonchev–Trinajstić information content (AvgIpc) is 2.69. The summed E-state index contributed by atoms with van der Waals surface area (Å²) in [6.07, 6.45) is 1.01. The number of carboxylic acid groups (broad SMARTS) is 1. The number of carboxylic acids is 1. The SMILES string of the molecule is CC(C)(C)C(=O)O[C@H](C(=O)O)c1cc(Cl)ccc1/C=C/C(=O)OCc1ccccc1. The first-order valence-corrected chi connectivity index (χ1v) is 9.58. The van der Waals surface area contributed by atoms with E-state index in [4.69, 9.17) is 21.1 Å². The Labute approximate surface area is 180 Å². The summed E-state index contributed by atoms with van der Waals surface area (Å²) >= 11 is 6.02. The molecule has 2 aromatic rings. The molecule has 1 N–H and O–H groups in total. The molecule has 30 heavy (non-hydrogen) atoms. The molecule has 0 saturated heterocycles. The molecular formula is C23H23ClO6. The normalized spacial score (nSPS) is 12.4. The van der Waals surface area contributed by atoms with Crippen LogP contribution in [0.15, 0.2) is 54.6 Å². The fourth-order valence-corrected chi connectivity index (χ4v) is 2.57. The Morgan fingerprint density at radius 3 is 2.37 bits per heavy atom. The maximum absolute atomic E-state index is 12.2. The zero-order chi connectivity index (χ0) is 22.3. The highest BCUT2D eigenvalue weighted by molar-refractivity contribution is 6.30. The summed E-state index contributed by atoms with van der Waals surface area (Å²) in [5.74, 6) is -2.62. The van der Waals surface area contributed by atoms with E-state index in [9.17, 15) is 19.5 Å². The Balaban J connectivity index is 2.22. The quantitative estimate of drug-likeness (QED) is 0.500. The molecule has 2 rings (SSSR count). The second-order valence-corrected chi connectivity index (χ2v) is 8.01. The molecule has 0 aliphatic carbocycles. The van der Waals surface area contributed by atoms with E-state index < -0.39 is 29.4 Å². The monoisotopic (exact) mass is 430 g/mol. The van der Waals surface area contributed by atoms with Crippen LogP contribution in [-0.4, -0.2) is 23.0 Å². The van der Waals surface area contributed by atoms with Crippen LogP contribution in [0.25, 0.3) is 6.08 Å². The molecule has 0 amide bonds. The van der Waals surface area contributed by atoms with Crippen LogP contribution in [0.1, 0.15) is 43.6 Å². The van der Waals surface area contributed by atoms with Crippen molar-refractivity contribution in [3.8, 4) is 0 Å². The van der Waals surface area contributed by atoms with E-state index in [1.165, 1.54) is 18.2 Å². The number of aliphatic carboxylic acids is 1. The van der Waals surface area contributed by atoms with Gasteiger partial charge in [-0.05, 0) is 50.1 Å². The van der Waals surface area contributed by atoms with Crippen LogP contribution < -0.4 is 0 Å². The van der Waals surface area contributed by atoms with Gasteiger partial charge in [-0.25, -0.2) is 9.59 Å². The highest BCUT2D eigenvalue weighted by Gasteiger charge is 2.32. The molecule has 0 aromatic heterocycles. The number of hydrogen-bond donors (Lipinski definition) is 1. The summed E-state index contributed by atoms with van der Waals surface area (Å²) in [5.41, 5.74) is 0.472. The van der Waals surface area contributed by atoms with Gasteiger partial charge in [0.1, 0.15) is 6.61 Å². The number of hydrogen-bond acceptors (Lipinski definition) is 5. The predicted octanol–water partition coefficient (Wildman–Crippen LogP) is 4.81. The Hall–Kier alpha value is -3.12. The molecule has 0 aliphatic rings. The largest absolute Gasteiger partial charge is 0.478 e. The van der Waals surface area contributed by atoms with Crippen LogP contribution in [0, 0.1) is 5.41 Å². The van der Waals surface area contributed by atoms with Crippen LogP contribution in [0.4, 0.5) is 0 Å². The zero-order valence-corrected chi connectivity index (χ0v) is 17.7. The van der Waals surface area contributed by atoms with Gasteiger partial charge in [0, 0.05) is 16.7 Å². The maximum Gasteiger partial charge on any atom is 0.349 e. The van der Waals surface area contributed by atoms with Crippen molar-refractivity contribution in [3.63, 3.8) is 0 Å². The summed E-state index contributed by atoms with van der Waals surface area (Å²) in [6, 6.07) is 13.7. The zero-order valence-electron chi connectivity index (χ0n) is 16.9. The van der Waals surface area contributed by atoms with Crippen LogP contribution in [0.2, 0.25) is 5.02 Å². The summed E-state index contributed by atoms with van der Waals surface area (Å²) < 4.78 is 10.4. The molecule has 0 spiro atoms. The standard InChI is InChI=1S/C23H23ClO6/c1-23(2,3)22(28)30-20(21(26)27)18-13-17(24)11-9-16(18)10-12-19(25)29-14-15-7-5-4-6-8-15/h4-13,20H,14H2,1-3H3,(H,26,27)/b12-10+/t20-/m0/s1. The van der Waals surface area contributed by atoms with Crippen molar-refractivity contribution >= 4 is 35.6 Å². The van der Waals surface area contributed by atoms with Crippen LogP contribution in [0.3, 0.4) is 0 Å². The van der Waals surface area contributed by atoms with Gasteiger partial charge in [0.25, 0.3) is 0 Å². The lowest BCUT2D eigenvalue weighted by Gasteiger charge is -2.22. The van der Waals surface area contributed by atoms with Gasteiger partial charge in [-0.1, -0.05) is 48.0 Å². The highest BCUT2D eigenvalue weighted by atomic mass is 35.5. The smallest absolute Gasteiger partial charge is 0.349 e. The van der Waals surface area contributed by atoms with Gasteiger partial charge in [-0.3, -0.25) is 4.79 Å². The van der Waals surface area contributed by atoms with Crippen molar-refractivity contribution < 1.29 is 29.0 Å². The van der Waals surface area contributed by atoms with E-state index in [0.29, 0.717) is 5.56 Å². The number of halogens is 1. The number of rotatable bonds is 7. The molecule has 0 saturated carbocycles. The first-order chi connectivity index (χ1) is 14.1. The van der Waals surface area contributed by atoms with Gasteiger partial charge in [0.15, 0.2) is 0 Å². The lowest BCUT2D eigenvalue weighted by molar-refractivity contribution is -0.170. The first-order valence-electron chi connectivity index (χ1n) is 9.20. The van der Waals surface area contributed by atoms with Crippen LogP contribution in [-0.2, 0) is 30.5 Å². The third-order valence-electron chi connectivity index (χ3n) is 4.02. The molecule has 0 bridgehead atoms. The van der Waals surface area contributed by atoms with E-state index in [2.05, 4.69) is 0 Å². The molecule has 0 radical (unpaired) electrons. The first kappa shape index (κ1) is 23.2. The number of ether oxygens (including phenoxy) is 2. The van der Waals surface area contributed by atoms with Crippen molar-refractivity contribution in [3.05, 3.63) is 76.3 Å². The van der Waals surface area contributed by atoms with Crippen LogP contribution >= 0.6 is 11.6 Å². The fourth-order valence-electron chi connectivity index (χ4n) is 2.39. The number of benzene rings is 2.